The maximum absolute atomic E-state index is 13.6. The smallest absolute Gasteiger partial charge is 0.227 e. The molecule has 0 unspecified atom stereocenters. The van der Waals surface area contributed by atoms with Gasteiger partial charge in [0.1, 0.15) is 5.82 Å². The van der Waals surface area contributed by atoms with Crippen molar-refractivity contribution in [1.29, 1.82) is 0 Å². The molecule has 0 aliphatic carbocycles. The lowest BCUT2D eigenvalue weighted by Gasteiger charge is -2.33. The van der Waals surface area contributed by atoms with Crippen molar-refractivity contribution < 1.29 is 26.9 Å². The molecular weight excluding hydrogens is 388 g/mol. The maximum Gasteiger partial charge on any atom is 0.227 e. The standard InChI is InChI=1S/C21H16F4N2O2/c1-11-5-18-15(21(29-26-18)13-3-2-4-14(22)9-13)10-27(11)19(28)8-12-6-16(23)20(25)17(24)7-12/h2-4,6-7,9,11H,5,8,10H2,1H3/t11-/m0/s1. The molecule has 0 radical (unpaired) electrons. The fourth-order valence-corrected chi connectivity index (χ4v) is 3.56. The molecule has 4 rings (SSSR count). The summed E-state index contributed by atoms with van der Waals surface area (Å²) in [5, 5.41) is 4.05. The van der Waals surface area contributed by atoms with E-state index in [0.29, 0.717) is 29.0 Å². The van der Waals surface area contributed by atoms with Gasteiger partial charge in [-0.25, -0.2) is 17.6 Å². The number of benzene rings is 2. The van der Waals surface area contributed by atoms with E-state index in [-0.39, 0.29) is 30.5 Å². The summed E-state index contributed by atoms with van der Waals surface area (Å²) in [6, 6.07) is 7.25. The molecule has 29 heavy (non-hydrogen) atoms. The Morgan fingerprint density at radius 1 is 1.17 bits per heavy atom. The van der Waals surface area contributed by atoms with Gasteiger partial charge in [-0.15, -0.1) is 0 Å². The Kier molecular flexibility index (Phi) is 4.86. The van der Waals surface area contributed by atoms with Crippen LogP contribution < -0.4 is 0 Å². The maximum atomic E-state index is 13.6. The van der Waals surface area contributed by atoms with E-state index in [1.807, 2.05) is 6.92 Å². The van der Waals surface area contributed by atoms with Gasteiger partial charge in [-0.1, -0.05) is 17.3 Å². The Hall–Kier alpha value is -3.16. The van der Waals surface area contributed by atoms with Crippen LogP contribution in [0.5, 0.6) is 0 Å². The first-order valence-corrected chi connectivity index (χ1v) is 8.99. The molecule has 3 aromatic rings. The van der Waals surface area contributed by atoms with Gasteiger partial charge in [0.2, 0.25) is 5.91 Å². The largest absolute Gasteiger partial charge is 0.356 e. The summed E-state index contributed by atoms with van der Waals surface area (Å²) in [5.74, 6) is -4.67. The third-order valence-electron chi connectivity index (χ3n) is 5.02. The summed E-state index contributed by atoms with van der Waals surface area (Å²) >= 11 is 0. The van der Waals surface area contributed by atoms with Crippen LogP contribution in [0, 0.1) is 23.3 Å². The van der Waals surface area contributed by atoms with Gasteiger partial charge in [0.05, 0.1) is 18.7 Å². The summed E-state index contributed by atoms with van der Waals surface area (Å²) in [5.41, 5.74) is 1.89. The zero-order valence-electron chi connectivity index (χ0n) is 15.4. The first kappa shape index (κ1) is 19.2. The van der Waals surface area contributed by atoms with Crippen LogP contribution >= 0.6 is 0 Å². The number of halogens is 4. The lowest BCUT2D eigenvalue weighted by molar-refractivity contribution is -0.133. The molecule has 4 nitrogen and oxygen atoms in total. The lowest BCUT2D eigenvalue weighted by Crippen LogP contribution is -2.43. The van der Waals surface area contributed by atoms with Crippen LogP contribution in [0.3, 0.4) is 0 Å². The molecule has 1 amide bonds. The highest BCUT2D eigenvalue weighted by atomic mass is 19.2. The molecule has 2 aromatic carbocycles. The molecule has 1 aliphatic rings. The Balaban J connectivity index is 1.60. The van der Waals surface area contributed by atoms with E-state index < -0.39 is 23.3 Å². The molecule has 1 aliphatic heterocycles. The van der Waals surface area contributed by atoms with Crippen LogP contribution in [0.2, 0.25) is 0 Å². The van der Waals surface area contributed by atoms with Crippen molar-refractivity contribution >= 4 is 5.91 Å². The normalized spacial score (nSPS) is 16.0. The van der Waals surface area contributed by atoms with Crippen LogP contribution in [-0.2, 0) is 24.2 Å². The summed E-state index contributed by atoms with van der Waals surface area (Å²) in [7, 11) is 0. The number of fused-ring (bicyclic) bond motifs is 1. The molecule has 0 spiro atoms. The highest BCUT2D eigenvalue weighted by Gasteiger charge is 2.32. The second kappa shape index (κ2) is 7.35. The van der Waals surface area contributed by atoms with E-state index in [9.17, 15) is 22.4 Å². The van der Waals surface area contributed by atoms with Crippen LogP contribution in [0.1, 0.15) is 23.7 Å². The van der Waals surface area contributed by atoms with E-state index in [0.717, 1.165) is 12.1 Å². The van der Waals surface area contributed by atoms with Gasteiger partial charge in [0.25, 0.3) is 0 Å². The van der Waals surface area contributed by atoms with Crippen molar-refractivity contribution in [2.45, 2.75) is 32.4 Å². The number of hydrogen-bond donors (Lipinski definition) is 0. The van der Waals surface area contributed by atoms with Gasteiger partial charge >= 0.3 is 0 Å². The number of carbonyl (C=O) groups excluding carboxylic acids is 1. The molecule has 0 fully saturated rings. The Morgan fingerprint density at radius 2 is 1.90 bits per heavy atom. The quantitative estimate of drug-likeness (QED) is 0.480. The van der Waals surface area contributed by atoms with Gasteiger partial charge in [0, 0.05) is 23.6 Å². The number of hydrogen-bond acceptors (Lipinski definition) is 3. The molecule has 1 atom stereocenters. The van der Waals surface area contributed by atoms with Gasteiger partial charge in [-0.2, -0.15) is 0 Å². The molecule has 8 heteroatoms. The third kappa shape index (κ3) is 3.62. The summed E-state index contributed by atoms with van der Waals surface area (Å²) in [6.07, 6.45) is 0.139. The van der Waals surface area contributed by atoms with E-state index in [1.165, 1.54) is 12.1 Å². The Labute approximate surface area is 163 Å². The van der Waals surface area contributed by atoms with E-state index >= 15 is 0 Å². The predicted molar refractivity (Wildman–Crippen MR) is 95.6 cm³/mol. The minimum atomic E-state index is -1.57. The van der Waals surface area contributed by atoms with Gasteiger partial charge < -0.3 is 9.42 Å². The highest BCUT2D eigenvalue weighted by Crippen LogP contribution is 2.33. The van der Waals surface area contributed by atoms with Crippen LogP contribution in [-0.4, -0.2) is 22.0 Å². The van der Waals surface area contributed by atoms with Crippen molar-refractivity contribution in [2.24, 2.45) is 0 Å². The molecule has 2 heterocycles. The second-order valence-corrected chi connectivity index (χ2v) is 7.07. The van der Waals surface area contributed by atoms with Crippen LogP contribution in [0.15, 0.2) is 40.9 Å². The van der Waals surface area contributed by atoms with Crippen LogP contribution in [0.25, 0.3) is 11.3 Å². The molecule has 0 saturated carbocycles. The fourth-order valence-electron chi connectivity index (χ4n) is 3.56. The third-order valence-corrected chi connectivity index (χ3v) is 5.02. The Bertz CT molecular complexity index is 1070. The molecule has 1 aromatic heterocycles. The van der Waals surface area contributed by atoms with Crippen molar-refractivity contribution in [2.75, 3.05) is 0 Å². The van der Waals surface area contributed by atoms with Crippen LogP contribution in [0.4, 0.5) is 17.6 Å². The monoisotopic (exact) mass is 404 g/mol. The number of carbonyl (C=O) groups is 1. The predicted octanol–water partition coefficient (Wildman–Crippen LogP) is 4.41. The van der Waals surface area contributed by atoms with E-state index in [4.69, 9.17) is 4.52 Å². The number of rotatable bonds is 3. The van der Waals surface area contributed by atoms with Crippen molar-refractivity contribution in [1.82, 2.24) is 10.1 Å². The highest BCUT2D eigenvalue weighted by molar-refractivity contribution is 5.80. The van der Waals surface area contributed by atoms with E-state index in [2.05, 4.69) is 5.16 Å². The lowest BCUT2D eigenvalue weighted by atomic mass is 9.96. The molecular formula is C21H16F4N2O2. The Morgan fingerprint density at radius 3 is 2.59 bits per heavy atom. The van der Waals surface area contributed by atoms with Gasteiger partial charge in [-0.3, -0.25) is 4.79 Å². The zero-order chi connectivity index (χ0) is 20.7. The minimum Gasteiger partial charge on any atom is -0.356 e. The van der Waals surface area contributed by atoms with Gasteiger partial charge in [0.15, 0.2) is 23.2 Å². The van der Waals surface area contributed by atoms with Crippen molar-refractivity contribution in [3.63, 3.8) is 0 Å². The average Bonchev–Trinajstić information content (AvgIpc) is 3.08. The fraction of sp³-hybridized carbons (Fsp3) is 0.238. The minimum absolute atomic E-state index is 0.0417. The number of amides is 1. The van der Waals surface area contributed by atoms with E-state index in [1.54, 1.807) is 17.0 Å². The topological polar surface area (TPSA) is 46.3 Å². The van der Waals surface area contributed by atoms with Gasteiger partial charge in [-0.05, 0) is 36.8 Å². The van der Waals surface area contributed by atoms with Crippen molar-refractivity contribution in [3.05, 3.63) is 76.5 Å². The summed E-state index contributed by atoms with van der Waals surface area (Å²) in [4.78, 5) is 14.3. The number of aromatic nitrogens is 1. The number of nitrogens with zero attached hydrogens (tertiary/aromatic N) is 2. The first-order chi connectivity index (χ1) is 13.8. The molecule has 0 saturated heterocycles. The SMILES string of the molecule is C[C@H]1Cc2noc(-c3cccc(F)c3)c2CN1C(=O)Cc1cc(F)c(F)c(F)c1. The molecule has 150 valence electrons. The zero-order valence-corrected chi connectivity index (χ0v) is 15.4. The summed E-state index contributed by atoms with van der Waals surface area (Å²) < 4.78 is 59.0. The molecule has 0 N–H and O–H groups in total. The average molecular weight is 404 g/mol. The summed E-state index contributed by atoms with van der Waals surface area (Å²) in [6.45, 7) is 1.99. The molecule has 0 bridgehead atoms. The second-order valence-electron chi connectivity index (χ2n) is 7.07. The van der Waals surface area contributed by atoms with Crippen molar-refractivity contribution in [3.8, 4) is 11.3 Å². The first-order valence-electron chi connectivity index (χ1n) is 8.99.